The Labute approximate surface area is 141 Å². The van der Waals surface area contributed by atoms with Crippen molar-refractivity contribution in [3.63, 3.8) is 0 Å². The minimum absolute atomic E-state index is 0.373. The van der Waals surface area contributed by atoms with Crippen molar-refractivity contribution in [3.8, 4) is 11.4 Å². The highest BCUT2D eigenvalue weighted by atomic mass is 16.5. The van der Waals surface area contributed by atoms with E-state index in [0.717, 1.165) is 29.5 Å². The van der Waals surface area contributed by atoms with Gasteiger partial charge in [0.25, 0.3) is 0 Å². The summed E-state index contributed by atoms with van der Waals surface area (Å²) in [5.74, 6) is 1.23. The minimum atomic E-state index is -0.373. The molecule has 4 heteroatoms. The summed E-state index contributed by atoms with van der Waals surface area (Å²) >= 11 is 0. The van der Waals surface area contributed by atoms with E-state index in [4.69, 9.17) is 4.52 Å². The summed E-state index contributed by atoms with van der Waals surface area (Å²) in [7, 11) is 0. The van der Waals surface area contributed by atoms with E-state index in [-0.39, 0.29) is 6.10 Å². The average Bonchev–Trinajstić information content (AvgIpc) is 3.18. The van der Waals surface area contributed by atoms with Crippen molar-refractivity contribution in [3.05, 3.63) is 70.1 Å². The zero-order chi connectivity index (χ0) is 16.7. The maximum atomic E-state index is 10.0. The van der Waals surface area contributed by atoms with Gasteiger partial charge in [-0.3, -0.25) is 0 Å². The predicted octanol–water partition coefficient (Wildman–Crippen LogP) is 3.92. The fraction of sp³-hybridized carbons (Fsp3) is 0.300. The van der Waals surface area contributed by atoms with Crippen molar-refractivity contribution >= 4 is 0 Å². The van der Waals surface area contributed by atoms with Gasteiger partial charge in [0, 0.05) is 5.56 Å². The van der Waals surface area contributed by atoms with Crippen LogP contribution < -0.4 is 0 Å². The number of benzene rings is 2. The van der Waals surface area contributed by atoms with Crippen molar-refractivity contribution in [1.29, 1.82) is 0 Å². The monoisotopic (exact) mass is 320 g/mol. The van der Waals surface area contributed by atoms with Gasteiger partial charge in [0.1, 0.15) is 0 Å². The Morgan fingerprint density at radius 1 is 1.17 bits per heavy atom. The summed E-state index contributed by atoms with van der Waals surface area (Å²) in [5, 5.41) is 14.2. The maximum Gasteiger partial charge on any atom is 0.231 e. The molecule has 0 amide bonds. The molecule has 1 unspecified atom stereocenters. The SMILES string of the molecule is Cc1ccc(Cc2nc(-c3cccc4c3CCC4O)no2)cc1C. The Hall–Kier alpha value is -2.46. The molecular formula is C20H20N2O2. The molecule has 2 aromatic carbocycles. The summed E-state index contributed by atoms with van der Waals surface area (Å²) in [6.07, 6.45) is 1.88. The van der Waals surface area contributed by atoms with Gasteiger partial charge in [0.15, 0.2) is 0 Å². The highest BCUT2D eigenvalue weighted by Gasteiger charge is 2.24. The normalized spacial score (nSPS) is 16.4. The van der Waals surface area contributed by atoms with Crippen LogP contribution in [-0.2, 0) is 12.8 Å². The van der Waals surface area contributed by atoms with Gasteiger partial charge in [-0.15, -0.1) is 0 Å². The Balaban J connectivity index is 1.63. The molecule has 4 nitrogen and oxygen atoms in total. The zero-order valence-electron chi connectivity index (χ0n) is 13.9. The van der Waals surface area contributed by atoms with E-state index in [0.29, 0.717) is 18.1 Å². The number of fused-ring (bicyclic) bond motifs is 1. The van der Waals surface area contributed by atoms with E-state index in [2.05, 4.69) is 42.2 Å². The van der Waals surface area contributed by atoms with Gasteiger partial charge < -0.3 is 9.63 Å². The zero-order valence-corrected chi connectivity index (χ0v) is 13.9. The number of nitrogens with zero attached hydrogens (tertiary/aromatic N) is 2. The molecule has 1 N–H and O–H groups in total. The number of hydrogen-bond donors (Lipinski definition) is 1. The molecule has 1 aliphatic carbocycles. The number of rotatable bonds is 3. The first kappa shape index (κ1) is 15.1. The molecule has 1 aromatic heterocycles. The Bertz CT molecular complexity index is 898. The fourth-order valence-electron chi connectivity index (χ4n) is 3.37. The lowest BCUT2D eigenvalue weighted by molar-refractivity contribution is 0.180. The smallest absolute Gasteiger partial charge is 0.231 e. The molecule has 1 atom stereocenters. The first-order valence-corrected chi connectivity index (χ1v) is 8.31. The van der Waals surface area contributed by atoms with Crippen LogP contribution in [0.2, 0.25) is 0 Å². The number of aliphatic hydroxyl groups excluding tert-OH is 1. The lowest BCUT2D eigenvalue weighted by Gasteiger charge is -2.05. The Kier molecular flexibility index (Phi) is 3.69. The first-order valence-electron chi connectivity index (χ1n) is 8.31. The third-order valence-electron chi connectivity index (χ3n) is 4.87. The Morgan fingerprint density at radius 3 is 2.88 bits per heavy atom. The molecule has 122 valence electrons. The van der Waals surface area contributed by atoms with Crippen LogP contribution in [0.25, 0.3) is 11.4 Å². The van der Waals surface area contributed by atoms with E-state index in [1.807, 2.05) is 18.2 Å². The first-order chi connectivity index (χ1) is 11.6. The topological polar surface area (TPSA) is 59.2 Å². The van der Waals surface area contributed by atoms with Crippen LogP contribution in [-0.4, -0.2) is 15.2 Å². The summed E-state index contributed by atoms with van der Waals surface area (Å²) in [6, 6.07) is 12.3. The fourth-order valence-corrected chi connectivity index (χ4v) is 3.37. The van der Waals surface area contributed by atoms with Crippen molar-refractivity contribution < 1.29 is 9.63 Å². The molecule has 4 rings (SSSR count). The van der Waals surface area contributed by atoms with Crippen molar-refractivity contribution in [2.75, 3.05) is 0 Å². The largest absolute Gasteiger partial charge is 0.388 e. The summed E-state index contributed by atoms with van der Waals surface area (Å²) in [6.45, 7) is 4.21. The number of hydrogen-bond acceptors (Lipinski definition) is 4. The van der Waals surface area contributed by atoms with E-state index >= 15 is 0 Å². The highest BCUT2D eigenvalue weighted by molar-refractivity contribution is 5.63. The van der Waals surface area contributed by atoms with Crippen molar-refractivity contribution in [1.82, 2.24) is 10.1 Å². The predicted molar refractivity (Wildman–Crippen MR) is 91.7 cm³/mol. The molecule has 0 bridgehead atoms. The number of aliphatic hydroxyl groups is 1. The number of aryl methyl sites for hydroxylation is 2. The van der Waals surface area contributed by atoms with Crippen molar-refractivity contribution in [2.45, 2.75) is 39.2 Å². The van der Waals surface area contributed by atoms with E-state index < -0.39 is 0 Å². The lowest BCUT2D eigenvalue weighted by atomic mass is 10.0. The molecule has 0 spiro atoms. The molecule has 0 saturated heterocycles. The highest BCUT2D eigenvalue weighted by Crippen LogP contribution is 2.36. The van der Waals surface area contributed by atoms with Crippen LogP contribution in [0.5, 0.6) is 0 Å². The van der Waals surface area contributed by atoms with Gasteiger partial charge in [0.05, 0.1) is 12.5 Å². The molecule has 0 saturated carbocycles. The molecular weight excluding hydrogens is 300 g/mol. The summed E-state index contributed by atoms with van der Waals surface area (Å²) in [4.78, 5) is 4.57. The molecule has 3 aromatic rings. The van der Waals surface area contributed by atoms with Crippen LogP contribution in [0, 0.1) is 13.8 Å². The second kappa shape index (κ2) is 5.87. The number of aromatic nitrogens is 2. The quantitative estimate of drug-likeness (QED) is 0.794. The summed E-state index contributed by atoms with van der Waals surface area (Å²) in [5.41, 5.74) is 6.82. The third-order valence-corrected chi connectivity index (χ3v) is 4.87. The second-order valence-electron chi connectivity index (χ2n) is 6.53. The molecule has 24 heavy (non-hydrogen) atoms. The summed E-state index contributed by atoms with van der Waals surface area (Å²) < 4.78 is 5.46. The third kappa shape index (κ3) is 2.63. The molecule has 0 aliphatic heterocycles. The van der Waals surface area contributed by atoms with Crippen LogP contribution in [0.3, 0.4) is 0 Å². The van der Waals surface area contributed by atoms with Crippen LogP contribution >= 0.6 is 0 Å². The van der Waals surface area contributed by atoms with E-state index in [9.17, 15) is 5.11 Å². The van der Waals surface area contributed by atoms with Gasteiger partial charge >= 0.3 is 0 Å². The molecule has 0 radical (unpaired) electrons. The van der Waals surface area contributed by atoms with Gasteiger partial charge in [-0.1, -0.05) is 41.6 Å². The average molecular weight is 320 g/mol. The standard InChI is InChI=1S/C20H20N2O2/c1-12-6-7-14(10-13(12)2)11-19-21-20(22-24-19)17-5-3-4-16-15(17)8-9-18(16)23/h3-7,10,18,23H,8-9,11H2,1-2H3. The van der Waals surface area contributed by atoms with E-state index in [1.54, 1.807) is 0 Å². The maximum absolute atomic E-state index is 10.0. The van der Waals surface area contributed by atoms with Gasteiger partial charge in [0.2, 0.25) is 11.7 Å². The lowest BCUT2D eigenvalue weighted by Crippen LogP contribution is -1.93. The van der Waals surface area contributed by atoms with Gasteiger partial charge in [-0.05, 0) is 54.5 Å². The second-order valence-corrected chi connectivity index (χ2v) is 6.53. The molecule has 1 heterocycles. The van der Waals surface area contributed by atoms with Gasteiger partial charge in [-0.2, -0.15) is 4.98 Å². The van der Waals surface area contributed by atoms with Crippen LogP contribution in [0.4, 0.5) is 0 Å². The molecule has 0 fully saturated rings. The van der Waals surface area contributed by atoms with Crippen molar-refractivity contribution in [2.24, 2.45) is 0 Å². The molecule has 1 aliphatic rings. The van der Waals surface area contributed by atoms with Crippen LogP contribution in [0.15, 0.2) is 40.9 Å². The Morgan fingerprint density at radius 2 is 2.04 bits per heavy atom. The minimum Gasteiger partial charge on any atom is -0.388 e. The van der Waals surface area contributed by atoms with Crippen LogP contribution in [0.1, 0.15) is 46.2 Å². The van der Waals surface area contributed by atoms with E-state index in [1.165, 1.54) is 16.7 Å². The van der Waals surface area contributed by atoms with Gasteiger partial charge in [-0.25, -0.2) is 0 Å².